The third-order valence-corrected chi connectivity index (χ3v) is 7.08. The van der Waals surface area contributed by atoms with Crippen molar-refractivity contribution in [3.8, 4) is 5.69 Å². The van der Waals surface area contributed by atoms with Crippen molar-refractivity contribution >= 4 is 0 Å². The van der Waals surface area contributed by atoms with Crippen LogP contribution in [0.25, 0.3) is 5.69 Å². The van der Waals surface area contributed by atoms with Crippen molar-refractivity contribution in [1.29, 1.82) is 0 Å². The quantitative estimate of drug-likeness (QED) is 0.610. The SMILES string of the molecule is c1cnn(-c2ccc(CN3C[C@@H]4[C@H](COCCCN5CCCCC5)[C@@H]4C3)cc2)c1. The van der Waals surface area contributed by atoms with E-state index in [2.05, 4.69) is 39.2 Å². The highest BCUT2D eigenvalue weighted by atomic mass is 16.5. The Morgan fingerprint density at radius 1 is 0.966 bits per heavy atom. The van der Waals surface area contributed by atoms with Gasteiger partial charge in [0.15, 0.2) is 0 Å². The summed E-state index contributed by atoms with van der Waals surface area (Å²) in [4.78, 5) is 5.23. The molecule has 29 heavy (non-hydrogen) atoms. The number of rotatable bonds is 9. The molecule has 1 aromatic carbocycles. The van der Waals surface area contributed by atoms with Gasteiger partial charge >= 0.3 is 0 Å². The van der Waals surface area contributed by atoms with Crippen molar-refractivity contribution < 1.29 is 4.74 Å². The highest BCUT2D eigenvalue weighted by Gasteiger charge is 2.55. The summed E-state index contributed by atoms with van der Waals surface area (Å²) in [5.41, 5.74) is 2.52. The van der Waals surface area contributed by atoms with E-state index in [1.807, 2.05) is 23.1 Å². The molecule has 0 bridgehead atoms. The van der Waals surface area contributed by atoms with E-state index in [4.69, 9.17) is 4.74 Å². The van der Waals surface area contributed by atoms with Gasteiger partial charge in [0.25, 0.3) is 0 Å². The fourth-order valence-electron chi connectivity index (χ4n) is 5.34. The summed E-state index contributed by atoms with van der Waals surface area (Å²) in [5.74, 6) is 2.57. The average Bonchev–Trinajstić information content (AvgIpc) is 3.15. The lowest BCUT2D eigenvalue weighted by Gasteiger charge is -2.26. The molecule has 0 radical (unpaired) electrons. The summed E-state index contributed by atoms with van der Waals surface area (Å²) in [6.07, 6.45) is 9.19. The third-order valence-electron chi connectivity index (χ3n) is 7.08. The molecule has 3 heterocycles. The second-order valence-corrected chi connectivity index (χ2v) is 9.13. The molecule has 2 aromatic rings. The zero-order valence-electron chi connectivity index (χ0n) is 17.5. The Labute approximate surface area is 174 Å². The molecule has 1 aliphatic carbocycles. The zero-order valence-corrected chi connectivity index (χ0v) is 17.5. The van der Waals surface area contributed by atoms with Crippen LogP contribution < -0.4 is 0 Å². The summed E-state index contributed by atoms with van der Waals surface area (Å²) in [5, 5.41) is 4.30. The molecule has 3 aliphatic rings. The minimum Gasteiger partial charge on any atom is -0.381 e. The number of fused-ring (bicyclic) bond motifs is 1. The first kappa shape index (κ1) is 19.3. The normalized spacial score (nSPS) is 27.2. The smallest absolute Gasteiger partial charge is 0.0645 e. The van der Waals surface area contributed by atoms with Crippen molar-refractivity contribution in [1.82, 2.24) is 19.6 Å². The van der Waals surface area contributed by atoms with Crippen LogP contribution in [-0.4, -0.2) is 65.5 Å². The molecule has 3 atom stereocenters. The molecule has 2 aliphatic heterocycles. The largest absolute Gasteiger partial charge is 0.381 e. The first-order valence-corrected chi connectivity index (χ1v) is 11.5. The van der Waals surface area contributed by atoms with Crippen LogP contribution in [0, 0.1) is 17.8 Å². The Morgan fingerprint density at radius 3 is 2.48 bits per heavy atom. The lowest BCUT2D eigenvalue weighted by atomic mass is 10.1. The lowest BCUT2D eigenvalue weighted by molar-refractivity contribution is 0.0967. The van der Waals surface area contributed by atoms with Crippen molar-refractivity contribution in [2.75, 3.05) is 45.9 Å². The molecule has 0 spiro atoms. The van der Waals surface area contributed by atoms with Gasteiger partial charge in [-0.2, -0.15) is 5.10 Å². The van der Waals surface area contributed by atoms with Gasteiger partial charge in [0.05, 0.1) is 12.3 Å². The Balaban J connectivity index is 0.976. The van der Waals surface area contributed by atoms with Crippen LogP contribution in [-0.2, 0) is 11.3 Å². The van der Waals surface area contributed by atoms with Gasteiger partial charge in [0.1, 0.15) is 0 Å². The monoisotopic (exact) mass is 394 g/mol. The predicted molar refractivity (Wildman–Crippen MR) is 115 cm³/mol. The van der Waals surface area contributed by atoms with Gasteiger partial charge in [-0.05, 0) is 73.9 Å². The highest BCUT2D eigenvalue weighted by Crippen LogP contribution is 2.52. The second-order valence-electron chi connectivity index (χ2n) is 9.13. The van der Waals surface area contributed by atoms with Crippen LogP contribution in [0.15, 0.2) is 42.7 Å². The maximum atomic E-state index is 6.03. The van der Waals surface area contributed by atoms with Gasteiger partial charge in [0, 0.05) is 45.2 Å². The van der Waals surface area contributed by atoms with E-state index in [0.29, 0.717) is 0 Å². The zero-order chi connectivity index (χ0) is 19.5. The van der Waals surface area contributed by atoms with E-state index < -0.39 is 0 Å². The van der Waals surface area contributed by atoms with Crippen molar-refractivity contribution in [3.05, 3.63) is 48.3 Å². The second kappa shape index (κ2) is 8.99. The molecule has 0 N–H and O–H groups in total. The topological polar surface area (TPSA) is 33.5 Å². The molecular formula is C24H34N4O. The van der Waals surface area contributed by atoms with Gasteiger partial charge in [-0.1, -0.05) is 18.6 Å². The van der Waals surface area contributed by atoms with Crippen molar-refractivity contribution in [2.24, 2.45) is 17.8 Å². The van der Waals surface area contributed by atoms with Gasteiger partial charge < -0.3 is 9.64 Å². The molecule has 1 aromatic heterocycles. The van der Waals surface area contributed by atoms with E-state index in [9.17, 15) is 0 Å². The van der Waals surface area contributed by atoms with E-state index in [-0.39, 0.29) is 0 Å². The maximum Gasteiger partial charge on any atom is 0.0645 e. The fraction of sp³-hybridized carbons (Fsp3) is 0.625. The summed E-state index contributed by atoms with van der Waals surface area (Å²) in [6.45, 7) is 9.31. The number of hydrogen-bond donors (Lipinski definition) is 0. The molecule has 5 rings (SSSR count). The minimum atomic E-state index is 0.823. The number of likely N-dealkylation sites (tertiary alicyclic amines) is 2. The highest BCUT2D eigenvalue weighted by molar-refractivity contribution is 5.33. The first-order valence-electron chi connectivity index (χ1n) is 11.5. The maximum absolute atomic E-state index is 6.03. The number of hydrogen-bond acceptors (Lipinski definition) is 4. The van der Waals surface area contributed by atoms with E-state index in [1.54, 1.807) is 0 Å². The van der Waals surface area contributed by atoms with Crippen molar-refractivity contribution in [3.63, 3.8) is 0 Å². The van der Waals surface area contributed by atoms with Gasteiger partial charge in [-0.15, -0.1) is 0 Å². The number of aromatic nitrogens is 2. The van der Waals surface area contributed by atoms with E-state index in [0.717, 1.165) is 43.2 Å². The van der Waals surface area contributed by atoms with Crippen molar-refractivity contribution in [2.45, 2.75) is 32.2 Å². The standard InChI is InChI=1S/C24H34N4O/c1-2-11-26(12-3-1)13-5-15-29-19-24-22-17-27(18-23(22)24)16-20-6-8-21(9-7-20)28-14-4-10-25-28/h4,6-10,14,22-24H,1-3,5,11-13,15-19H2/t22-,23+,24-. The van der Waals surface area contributed by atoms with Crippen LogP contribution in [0.3, 0.4) is 0 Å². The van der Waals surface area contributed by atoms with Crippen LogP contribution in [0.4, 0.5) is 0 Å². The molecule has 3 fully saturated rings. The van der Waals surface area contributed by atoms with Gasteiger partial charge in [-0.3, -0.25) is 4.90 Å². The fourth-order valence-corrected chi connectivity index (χ4v) is 5.34. The van der Waals surface area contributed by atoms with E-state index >= 15 is 0 Å². The van der Waals surface area contributed by atoms with Crippen LogP contribution in [0.5, 0.6) is 0 Å². The molecule has 5 nitrogen and oxygen atoms in total. The Hall–Kier alpha value is -1.69. The Kier molecular flexibility index (Phi) is 5.97. The first-order chi connectivity index (χ1) is 14.4. The average molecular weight is 395 g/mol. The van der Waals surface area contributed by atoms with Crippen LogP contribution in [0.1, 0.15) is 31.2 Å². The third kappa shape index (κ3) is 4.73. The molecule has 1 saturated carbocycles. The molecule has 0 unspecified atom stereocenters. The number of ether oxygens (including phenoxy) is 1. The molecular weight excluding hydrogens is 360 g/mol. The minimum absolute atomic E-state index is 0.823. The van der Waals surface area contributed by atoms with Crippen LogP contribution >= 0.6 is 0 Å². The summed E-state index contributed by atoms with van der Waals surface area (Å²) >= 11 is 0. The van der Waals surface area contributed by atoms with Gasteiger partial charge in [-0.25, -0.2) is 4.68 Å². The lowest BCUT2D eigenvalue weighted by Crippen LogP contribution is -2.31. The Morgan fingerprint density at radius 2 is 1.76 bits per heavy atom. The van der Waals surface area contributed by atoms with E-state index in [1.165, 1.54) is 64.0 Å². The number of piperidine rings is 2. The Bertz CT molecular complexity index is 742. The molecule has 2 saturated heterocycles. The van der Waals surface area contributed by atoms with Crippen LogP contribution in [0.2, 0.25) is 0 Å². The van der Waals surface area contributed by atoms with Gasteiger partial charge in [0.2, 0.25) is 0 Å². The number of benzene rings is 1. The number of nitrogens with zero attached hydrogens (tertiary/aromatic N) is 4. The summed E-state index contributed by atoms with van der Waals surface area (Å²) < 4.78 is 7.94. The molecule has 5 heteroatoms. The molecule has 0 amide bonds. The molecule has 156 valence electrons. The predicted octanol–water partition coefficient (Wildman–Crippen LogP) is 3.44. The summed E-state index contributed by atoms with van der Waals surface area (Å²) in [7, 11) is 0. The summed E-state index contributed by atoms with van der Waals surface area (Å²) in [6, 6.07) is 10.8.